The molecule has 0 radical (unpaired) electrons. The summed E-state index contributed by atoms with van der Waals surface area (Å²) in [7, 11) is 0. The summed E-state index contributed by atoms with van der Waals surface area (Å²) >= 11 is 0. The molecule has 0 amide bonds. The second-order valence-electron chi connectivity index (χ2n) is 4.96. The minimum absolute atomic E-state index is 0.0461. The van der Waals surface area contributed by atoms with Crippen molar-refractivity contribution >= 4 is 0 Å². The molecule has 2 unspecified atom stereocenters. The van der Waals surface area contributed by atoms with Crippen molar-refractivity contribution in [2.75, 3.05) is 19.8 Å². The summed E-state index contributed by atoms with van der Waals surface area (Å²) in [5, 5.41) is 0. The quantitative estimate of drug-likeness (QED) is 0.843. The zero-order chi connectivity index (χ0) is 12.8. The number of rotatable bonds is 6. The topological polar surface area (TPSA) is 44.5 Å². The van der Waals surface area contributed by atoms with E-state index in [9.17, 15) is 0 Å². The molecular formula is C15H23NO2. The Labute approximate surface area is 109 Å². The van der Waals surface area contributed by atoms with E-state index in [1.54, 1.807) is 0 Å². The van der Waals surface area contributed by atoms with Crippen molar-refractivity contribution in [2.45, 2.75) is 32.2 Å². The first-order chi connectivity index (χ1) is 8.81. The Kier molecular flexibility index (Phi) is 5.02. The van der Waals surface area contributed by atoms with Crippen molar-refractivity contribution in [3.8, 4) is 5.75 Å². The first kappa shape index (κ1) is 13.4. The van der Waals surface area contributed by atoms with E-state index in [1.165, 1.54) is 0 Å². The van der Waals surface area contributed by atoms with Gasteiger partial charge in [0.1, 0.15) is 5.75 Å². The molecular weight excluding hydrogens is 226 g/mol. The predicted molar refractivity (Wildman–Crippen MR) is 72.7 cm³/mol. The van der Waals surface area contributed by atoms with Crippen molar-refractivity contribution in [1.29, 1.82) is 0 Å². The number of hydrogen-bond acceptors (Lipinski definition) is 3. The molecule has 2 atom stereocenters. The number of nitrogens with two attached hydrogens (primary N) is 1. The van der Waals surface area contributed by atoms with Crippen molar-refractivity contribution in [2.24, 2.45) is 11.7 Å². The molecule has 1 saturated heterocycles. The third-order valence-corrected chi connectivity index (χ3v) is 3.39. The first-order valence-corrected chi connectivity index (χ1v) is 6.86. The molecule has 3 nitrogen and oxygen atoms in total. The van der Waals surface area contributed by atoms with Crippen LogP contribution in [0, 0.1) is 5.92 Å². The number of para-hydroxylation sites is 1. The van der Waals surface area contributed by atoms with E-state index in [0.29, 0.717) is 5.92 Å². The Bertz CT molecular complexity index is 361. The highest BCUT2D eigenvalue weighted by Crippen LogP contribution is 2.30. The van der Waals surface area contributed by atoms with E-state index < -0.39 is 0 Å². The van der Waals surface area contributed by atoms with Crippen LogP contribution in [0.15, 0.2) is 24.3 Å². The molecule has 0 spiro atoms. The van der Waals surface area contributed by atoms with Crippen LogP contribution in [0.5, 0.6) is 5.75 Å². The molecule has 0 aliphatic carbocycles. The minimum atomic E-state index is 0.0461. The minimum Gasteiger partial charge on any atom is -0.493 e. The third kappa shape index (κ3) is 3.47. The van der Waals surface area contributed by atoms with Gasteiger partial charge in [0.2, 0.25) is 0 Å². The standard InChI is InChI=1S/C15H23NO2/c1-2-8-18-15-6-4-3-5-13(15)14(16)10-12-7-9-17-11-12/h3-6,12,14H,2,7-11,16H2,1H3. The summed E-state index contributed by atoms with van der Waals surface area (Å²) in [5.41, 5.74) is 7.43. The lowest BCUT2D eigenvalue weighted by atomic mass is 9.94. The third-order valence-electron chi connectivity index (χ3n) is 3.39. The summed E-state index contributed by atoms with van der Waals surface area (Å²) in [5.74, 6) is 1.53. The molecule has 1 aromatic carbocycles. The molecule has 18 heavy (non-hydrogen) atoms. The SMILES string of the molecule is CCCOc1ccccc1C(N)CC1CCOC1. The molecule has 1 aromatic rings. The van der Waals surface area contributed by atoms with Crippen LogP contribution >= 0.6 is 0 Å². The second-order valence-corrected chi connectivity index (χ2v) is 4.96. The highest BCUT2D eigenvalue weighted by atomic mass is 16.5. The van der Waals surface area contributed by atoms with Crippen molar-refractivity contribution in [1.82, 2.24) is 0 Å². The van der Waals surface area contributed by atoms with Gasteiger partial charge in [-0.3, -0.25) is 0 Å². The molecule has 0 bridgehead atoms. The van der Waals surface area contributed by atoms with Crippen LogP contribution in [-0.4, -0.2) is 19.8 Å². The van der Waals surface area contributed by atoms with Crippen LogP contribution in [0.4, 0.5) is 0 Å². The van der Waals surface area contributed by atoms with E-state index in [4.69, 9.17) is 15.2 Å². The Morgan fingerprint density at radius 3 is 3.00 bits per heavy atom. The van der Waals surface area contributed by atoms with Crippen LogP contribution in [-0.2, 0) is 4.74 Å². The lowest BCUT2D eigenvalue weighted by Crippen LogP contribution is -2.17. The summed E-state index contributed by atoms with van der Waals surface area (Å²) in [6, 6.07) is 8.16. The van der Waals surface area contributed by atoms with Gasteiger partial charge in [-0.15, -0.1) is 0 Å². The number of benzene rings is 1. The van der Waals surface area contributed by atoms with Crippen molar-refractivity contribution < 1.29 is 9.47 Å². The second kappa shape index (κ2) is 6.76. The Morgan fingerprint density at radius 2 is 2.28 bits per heavy atom. The van der Waals surface area contributed by atoms with Crippen LogP contribution in [0.2, 0.25) is 0 Å². The van der Waals surface area contributed by atoms with Crippen LogP contribution < -0.4 is 10.5 Å². The van der Waals surface area contributed by atoms with E-state index in [0.717, 1.165) is 50.4 Å². The van der Waals surface area contributed by atoms with Gasteiger partial charge >= 0.3 is 0 Å². The van der Waals surface area contributed by atoms with Crippen LogP contribution in [0.25, 0.3) is 0 Å². The van der Waals surface area contributed by atoms with Gasteiger partial charge in [-0.2, -0.15) is 0 Å². The van der Waals surface area contributed by atoms with Crippen LogP contribution in [0.1, 0.15) is 37.8 Å². The monoisotopic (exact) mass is 249 g/mol. The fourth-order valence-electron chi connectivity index (χ4n) is 2.39. The zero-order valence-corrected chi connectivity index (χ0v) is 11.1. The molecule has 2 rings (SSSR count). The Hall–Kier alpha value is -1.06. The van der Waals surface area contributed by atoms with Crippen molar-refractivity contribution in [3.05, 3.63) is 29.8 Å². The fraction of sp³-hybridized carbons (Fsp3) is 0.600. The molecule has 1 fully saturated rings. The highest BCUT2D eigenvalue weighted by Gasteiger charge is 2.21. The lowest BCUT2D eigenvalue weighted by Gasteiger charge is -2.19. The summed E-state index contributed by atoms with van der Waals surface area (Å²) in [6.07, 6.45) is 3.12. The molecule has 1 aliphatic heterocycles. The molecule has 2 N–H and O–H groups in total. The summed E-state index contributed by atoms with van der Waals surface area (Å²) in [4.78, 5) is 0. The largest absolute Gasteiger partial charge is 0.493 e. The van der Waals surface area contributed by atoms with Gasteiger partial charge in [0, 0.05) is 24.8 Å². The first-order valence-electron chi connectivity index (χ1n) is 6.86. The van der Waals surface area contributed by atoms with Gasteiger partial charge in [-0.05, 0) is 31.2 Å². The number of ether oxygens (including phenoxy) is 2. The molecule has 1 heterocycles. The number of hydrogen-bond donors (Lipinski definition) is 1. The molecule has 100 valence electrons. The Morgan fingerprint density at radius 1 is 1.44 bits per heavy atom. The zero-order valence-electron chi connectivity index (χ0n) is 11.1. The molecule has 3 heteroatoms. The predicted octanol–water partition coefficient (Wildman–Crippen LogP) is 2.90. The molecule has 0 aromatic heterocycles. The van der Waals surface area contributed by atoms with E-state index in [1.807, 2.05) is 18.2 Å². The summed E-state index contributed by atoms with van der Waals surface area (Å²) in [6.45, 7) is 4.59. The molecule has 1 aliphatic rings. The van der Waals surface area contributed by atoms with Gasteiger partial charge in [0.25, 0.3) is 0 Å². The van der Waals surface area contributed by atoms with Gasteiger partial charge in [-0.1, -0.05) is 25.1 Å². The maximum absolute atomic E-state index is 6.31. The van der Waals surface area contributed by atoms with Gasteiger partial charge in [0.05, 0.1) is 6.61 Å². The molecule has 0 saturated carbocycles. The van der Waals surface area contributed by atoms with E-state index in [-0.39, 0.29) is 6.04 Å². The van der Waals surface area contributed by atoms with Gasteiger partial charge in [0.15, 0.2) is 0 Å². The maximum Gasteiger partial charge on any atom is 0.124 e. The van der Waals surface area contributed by atoms with Gasteiger partial charge < -0.3 is 15.2 Å². The highest BCUT2D eigenvalue weighted by molar-refractivity contribution is 5.35. The Balaban J connectivity index is 2.00. The average molecular weight is 249 g/mol. The normalized spacial score (nSPS) is 20.9. The summed E-state index contributed by atoms with van der Waals surface area (Å²) < 4.78 is 11.2. The fourth-order valence-corrected chi connectivity index (χ4v) is 2.39. The van der Waals surface area contributed by atoms with E-state index in [2.05, 4.69) is 13.0 Å². The van der Waals surface area contributed by atoms with Crippen LogP contribution in [0.3, 0.4) is 0 Å². The maximum atomic E-state index is 6.31. The lowest BCUT2D eigenvalue weighted by molar-refractivity contribution is 0.182. The van der Waals surface area contributed by atoms with E-state index >= 15 is 0 Å². The van der Waals surface area contributed by atoms with Crippen molar-refractivity contribution in [3.63, 3.8) is 0 Å². The van der Waals surface area contributed by atoms with Gasteiger partial charge in [-0.25, -0.2) is 0 Å². The smallest absolute Gasteiger partial charge is 0.124 e. The average Bonchev–Trinajstić information content (AvgIpc) is 2.89.